The Bertz CT molecular complexity index is 1080. The average molecular weight is 346 g/mol. The van der Waals surface area contributed by atoms with Crippen LogP contribution < -0.4 is 14.8 Å². The molecule has 0 amide bonds. The Hall–Kier alpha value is -3.61. The van der Waals surface area contributed by atoms with Crippen LogP contribution in [0.15, 0.2) is 59.3 Å². The van der Waals surface area contributed by atoms with Crippen LogP contribution in [0.25, 0.3) is 22.7 Å². The van der Waals surface area contributed by atoms with Gasteiger partial charge in [-0.3, -0.25) is 0 Å². The fourth-order valence-electron chi connectivity index (χ4n) is 2.82. The second kappa shape index (κ2) is 6.03. The van der Waals surface area contributed by atoms with Crippen molar-refractivity contribution in [2.45, 2.75) is 6.54 Å². The molecule has 7 nitrogen and oxygen atoms in total. The van der Waals surface area contributed by atoms with Crippen molar-refractivity contribution in [2.24, 2.45) is 0 Å². The molecule has 0 fully saturated rings. The highest BCUT2D eigenvalue weighted by atomic mass is 16.7. The smallest absolute Gasteiger partial charge is 0.252 e. The number of fused-ring (bicyclic) bond motifs is 2. The van der Waals surface area contributed by atoms with E-state index in [1.54, 1.807) is 0 Å². The van der Waals surface area contributed by atoms with E-state index in [9.17, 15) is 0 Å². The molecule has 0 bridgehead atoms. The zero-order valence-corrected chi connectivity index (χ0v) is 13.7. The quantitative estimate of drug-likeness (QED) is 0.604. The normalized spacial score (nSPS) is 12.5. The monoisotopic (exact) mass is 346 g/mol. The van der Waals surface area contributed by atoms with Gasteiger partial charge in [-0.1, -0.05) is 24.3 Å². The Morgan fingerprint density at radius 1 is 0.962 bits per heavy atom. The van der Waals surface area contributed by atoms with E-state index in [4.69, 9.17) is 13.9 Å². The van der Waals surface area contributed by atoms with E-state index in [0.29, 0.717) is 29.5 Å². The molecular formula is C19H14N4O3. The SMILES string of the molecule is c1ccc(-c2nc3c(NCc4ccc5c(c4)OCO5)ncnc3o2)cc1. The number of rotatable bonds is 4. The van der Waals surface area contributed by atoms with E-state index in [1.807, 2.05) is 48.5 Å². The predicted molar refractivity (Wildman–Crippen MR) is 94.9 cm³/mol. The maximum Gasteiger partial charge on any atom is 0.252 e. The van der Waals surface area contributed by atoms with Crippen LogP contribution in [0, 0.1) is 0 Å². The fourth-order valence-corrected chi connectivity index (χ4v) is 2.82. The van der Waals surface area contributed by atoms with Gasteiger partial charge in [0.2, 0.25) is 12.7 Å². The molecule has 7 heteroatoms. The minimum atomic E-state index is 0.264. The molecule has 1 N–H and O–H groups in total. The first-order valence-corrected chi connectivity index (χ1v) is 8.16. The summed E-state index contributed by atoms with van der Waals surface area (Å²) in [6.45, 7) is 0.830. The van der Waals surface area contributed by atoms with Gasteiger partial charge in [0.15, 0.2) is 22.8 Å². The van der Waals surface area contributed by atoms with E-state index >= 15 is 0 Å². The summed E-state index contributed by atoms with van der Waals surface area (Å²) in [6, 6.07) is 15.5. The first kappa shape index (κ1) is 14.7. The minimum Gasteiger partial charge on any atom is -0.454 e. The minimum absolute atomic E-state index is 0.264. The Morgan fingerprint density at radius 3 is 2.77 bits per heavy atom. The van der Waals surface area contributed by atoms with E-state index in [0.717, 1.165) is 22.6 Å². The number of benzene rings is 2. The van der Waals surface area contributed by atoms with Crippen molar-refractivity contribution in [3.63, 3.8) is 0 Å². The van der Waals surface area contributed by atoms with Gasteiger partial charge in [0.25, 0.3) is 5.71 Å². The lowest BCUT2D eigenvalue weighted by Gasteiger charge is -2.06. The van der Waals surface area contributed by atoms with Gasteiger partial charge in [0.05, 0.1) is 0 Å². The molecule has 4 aromatic rings. The van der Waals surface area contributed by atoms with Crippen LogP contribution in [0.4, 0.5) is 5.82 Å². The molecule has 2 aromatic heterocycles. The van der Waals surface area contributed by atoms with Crippen LogP contribution in [0.5, 0.6) is 11.5 Å². The highest BCUT2D eigenvalue weighted by molar-refractivity contribution is 5.83. The molecule has 0 saturated carbocycles. The highest BCUT2D eigenvalue weighted by Gasteiger charge is 2.15. The molecule has 5 rings (SSSR count). The van der Waals surface area contributed by atoms with Gasteiger partial charge >= 0.3 is 0 Å². The van der Waals surface area contributed by atoms with Crippen molar-refractivity contribution in [3.8, 4) is 23.0 Å². The number of nitrogens with zero attached hydrogens (tertiary/aromatic N) is 3. The molecule has 1 aliphatic heterocycles. The van der Waals surface area contributed by atoms with Crippen molar-refractivity contribution < 1.29 is 13.9 Å². The molecule has 0 unspecified atom stereocenters. The molecule has 0 radical (unpaired) electrons. The third-order valence-electron chi connectivity index (χ3n) is 4.11. The maximum atomic E-state index is 5.77. The van der Waals surface area contributed by atoms with Crippen LogP contribution >= 0.6 is 0 Å². The lowest BCUT2D eigenvalue weighted by atomic mass is 10.2. The second-order valence-electron chi connectivity index (χ2n) is 5.80. The van der Waals surface area contributed by atoms with Crippen molar-refractivity contribution in [1.82, 2.24) is 15.0 Å². The lowest BCUT2D eigenvalue weighted by Crippen LogP contribution is -2.02. The van der Waals surface area contributed by atoms with E-state index in [1.165, 1.54) is 6.33 Å². The van der Waals surface area contributed by atoms with Crippen molar-refractivity contribution in [2.75, 3.05) is 12.1 Å². The average Bonchev–Trinajstić information content (AvgIpc) is 3.33. The number of oxazole rings is 1. The zero-order chi connectivity index (χ0) is 17.3. The molecule has 128 valence electrons. The van der Waals surface area contributed by atoms with Crippen molar-refractivity contribution in [3.05, 3.63) is 60.4 Å². The summed E-state index contributed by atoms with van der Waals surface area (Å²) in [7, 11) is 0. The van der Waals surface area contributed by atoms with Gasteiger partial charge < -0.3 is 19.2 Å². The summed E-state index contributed by atoms with van der Waals surface area (Å²) in [5.74, 6) is 2.66. The number of hydrogen-bond acceptors (Lipinski definition) is 7. The summed E-state index contributed by atoms with van der Waals surface area (Å²) >= 11 is 0. The third kappa shape index (κ3) is 2.59. The summed E-state index contributed by atoms with van der Waals surface area (Å²) in [4.78, 5) is 13.0. The summed E-state index contributed by atoms with van der Waals surface area (Å²) in [6.07, 6.45) is 1.46. The predicted octanol–water partition coefficient (Wildman–Crippen LogP) is 3.63. The van der Waals surface area contributed by atoms with Gasteiger partial charge in [-0.25, -0.2) is 9.97 Å². The standard InChI is InChI=1S/C19H14N4O3/c1-2-4-13(5-3-1)18-23-16-17(21-10-22-19(16)26-18)20-9-12-6-7-14-15(8-12)25-11-24-14/h1-8,10H,9,11H2,(H,20,21,22). The van der Waals surface area contributed by atoms with Gasteiger partial charge in [0.1, 0.15) is 6.33 Å². The number of hydrogen-bond donors (Lipinski definition) is 1. The van der Waals surface area contributed by atoms with Crippen molar-refractivity contribution in [1.29, 1.82) is 0 Å². The number of aromatic nitrogens is 3. The number of ether oxygens (including phenoxy) is 2. The van der Waals surface area contributed by atoms with Gasteiger partial charge in [-0.05, 0) is 29.8 Å². The summed E-state index contributed by atoms with van der Waals surface area (Å²) in [5.41, 5.74) is 3.00. The largest absolute Gasteiger partial charge is 0.454 e. The lowest BCUT2D eigenvalue weighted by molar-refractivity contribution is 0.174. The Balaban J connectivity index is 1.43. The molecule has 2 aromatic carbocycles. The van der Waals surface area contributed by atoms with Crippen LogP contribution in [0.3, 0.4) is 0 Å². The van der Waals surface area contributed by atoms with Crippen LogP contribution in [0.2, 0.25) is 0 Å². The van der Waals surface area contributed by atoms with Gasteiger partial charge in [-0.15, -0.1) is 0 Å². The summed E-state index contributed by atoms with van der Waals surface area (Å²) in [5, 5.41) is 3.29. The van der Waals surface area contributed by atoms with Crippen LogP contribution in [0.1, 0.15) is 5.56 Å². The first-order chi connectivity index (χ1) is 12.9. The number of anilines is 1. The molecule has 3 heterocycles. The molecule has 0 atom stereocenters. The molecule has 0 spiro atoms. The van der Waals surface area contributed by atoms with E-state index in [-0.39, 0.29) is 6.79 Å². The molecule has 0 saturated heterocycles. The Kier molecular flexibility index (Phi) is 3.41. The van der Waals surface area contributed by atoms with Crippen LogP contribution in [-0.4, -0.2) is 21.7 Å². The summed E-state index contributed by atoms with van der Waals surface area (Å²) < 4.78 is 16.5. The van der Waals surface area contributed by atoms with Crippen LogP contribution in [-0.2, 0) is 6.54 Å². The topological polar surface area (TPSA) is 82.3 Å². The van der Waals surface area contributed by atoms with Crippen molar-refractivity contribution >= 4 is 17.0 Å². The van der Waals surface area contributed by atoms with E-state index in [2.05, 4.69) is 20.3 Å². The molecular weight excluding hydrogens is 332 g/mol. The van der Waals surface area contributed by atoms with Gasteiger partial charge in [0, 0.05) is 12.1 Å². The molecule has 0 aliphatic carbocycles. The molecule has 26 heavy (non-hydrogen) atoms. The fraction of sp³-hybridized carbons (Fsp3) is 0.105. The first-order valence-electron chi connectivity index (χ1n) is 8.16. The second-order valence-corrected chi connectivity index (χ2v) is 5.80. The molecule has 1 aliphatic rings. The Labute approximate surface area is 148 Å². The van der Waals surface area contributed by atoms with Gasteiger partial charge in [-0.2, -0.15) is 4.98 Å². The maximum absolute atomic E-state index is 5.77. The van der Waals surface area contributed by atoms with E-state index < -0.39 is 0 Å². The Morgan fingerprint density at radius 2 is 1.85 bits per heavy atom. The third-order valence-corrected chi connectivity index (χ3v) is 4.11. The zero-order valence-electron chi connectivity index (χ0n) is 13.7. The highest BCUT2D eigenvalue weighted by Crippen LogP contribution is 2.33. The number of nitrogens with one attached hydrogen (secondary N) is 1.